The molecule has 4 aromatic carbocycles. The number of fused-ring (bicyclic) bond motifs is 3. The van der Waals surface area contributed by atoms with Gasteiger partial charge < -0.3 is 0 Å². The van der Waals surface area contributed by atoms with Crippen molar-refractivity contribution in [2.45, 2.75) is 25.7 Å². The fourth-order valence-corrected chi connectivity index (χ4v) is 5.09. The molecule has 0 nitrogen and oxygen atoms in total. The zero-order valence-electron chi connectivity index (χ0n) is 19.4. The van der Waals surface area contributed by atoms with Crippen LogP contribution in [0.15, 0.2) is 121 Å². The Morgan fingerprint density at radius 2 is 1.32 bits per heavy atom. The molecule has 0 fully saturated rings. The minimum Gasteiger partial charge on any atom is -0.179 e. The summed E-state index contributed by atoms with van der Waals surface area (Å²) in [5.74, 6) is 0. The number of hydrogen-bond donors (Lipinski definition) is 0. The first kappa shape index (κ1) is 24.2. The molecule has 0 unspecified atom stereocenters. The van der Waals surface area contributed by atoms with Gasteiger partial charge in [0.2, 0.25) is 0 Å². The van der Waals surface area contributed by atoms with Crippen LogP contribution in [-0.4, -0.2) is 3.21 Å². The van der Waals surface area contributed by atoms with Crippen LogP contribution >= 0.6 is 0 Å². The maximum atomic E-state index is 3.30. The van der Waals surface area contributed by atoms with E-state index in [0.29, 0.717) is 0 Å². The summed E-state index contributed by atoms with van der Waals surface area (Å²) in [5.41, 5.74) is 8.35. The van der Waals surface area contributed by atoms with Crippen LogP contribution in [0.3, 0.4) is 0 Å². The summed E-state index contributed by atoms with van der Waals surface area (Å²) in [6.45, 7) is 0. The molecular formula is C33H28Zr. The molecule has 0 N–H and O–H groups in total. The van der Waals surface area contributed by atoms with Crippen molar-refractivity contribution in [3.8, 4) is 11.1 Å². The average Bonchev–Trinajstić information content (AvgIpc) is 3.58. The number of rotatable bonds is 4. The summed E-state index contributed by atoms with van der Waals surface area (Å²) in [5, 5.41) is 0. The van der Waals surface area contributed by atoms with Gasteiger partial charge in [-0.2, -0.15) is 35.9 Å². The molecule has 6 rings (SSSR count). The molecule has 0 saturated carbocycles. The molecule has 0 amide bonds. The van der Waals surface area contributed by atoms with E-state index in [1.54, 1.807) is 27.4 Å². The number of benzene rings is 4. The quantitative estimate of drug-likeness (QED) is 0.217. The van der Waals surface area contributed by atoms with E-state index in [1.807, 2.05) is 18.2 Å². The summed E-state index contributed by atoms with van der Waals surface area (Å²) >= 11 is 1.55. The van der Waals surface area contributed by atoms with Gasteiger partial charge >= 0.3 is 112 Å². The Kier molecular flexibility index (Phi) is 9.35. The smallest absolute Gasteiger partial charge is 0.0253 e. The molecule has 164 valence electrons. The summed E-state index contributed by atoms with van der Waals surface area (Å²) in [7, 11) is 0. The Balaban J connectivity index is 0.000000136. The van der Waals surface area contributed by atoms with Crippen molar-refractivity contribution in [2.24, 2.45) is 0 Å². The van der Waals surface area contributed by atoms with Crippen molar-refractivity contribution < 1.29 is 24.2 Å². The SMILES string of the molecule is [C-]1=CC=CC1.[Zr+2]=[C](Cc1ccccc1)Cc1ccccc1.[c-]1cccc2c1Cc1ccccc1-2. The predicted octanol–water partition coefficient (Wildman–Crippen LogP) is 7.55. The molecule has 0 bridgehead atoms. The van der Waals surface area contributed by atoms with Gasteiger partial charge in [-0.25, -0.2) is 12.2 Å². The predicted molar refractivity (Wildman–Crippen MR) is 140 cm³/mol. The van der Waals surface area contributed by atoms with Gasteiger partial charge in [-0.3, -0.25) is 6.08 Å². The molecule has 1 heteroatoms. The van der Waals surface area contributed by atoms with Gasteiger partial charge in [0.15, 0.2) is 0 Å². The van der Waals surface area contributed by atoms with Crippen LogP contribution in [0, 0.1) is 12.1 Å². The molecule has 0 heterocycles. The van der Waals surface area contributed by atoms with E-state index in [-0.39, 0.29) is 0 Å². The molecule has 0 aliphatic heterocycles. The first-order chi connectivity index (χ1) is 16.8. The van der Waals surface area contributed by atoms with Crippen LogP contribution < -0.4 is 0 Å². The second-order valence-electron chi connectivity index (χ2n) is 8.33. The van der Waals surface area contributed by atoms with Gasteiger partial charge in [-0.05, 0) is 6.42 Å². The molecule has 0 saturated heterocycles. The van der Waals surface area contributed by atoms with E-state index < -0.39 is 0 Å². The van der Waals surface area contributed by atoms with Crippen molar-refractivity contribution in [3.63, 3.8) is 0 Å². The average molecular weight is 516 g/mol. The van der Waals surface area contributed by atoms with E-state index in [2.05, 4.69) is 115 Å². The normalized spacial score (nSPS) is 12.1. The summed E-state index contributed by atoms with van der Waals surface area (Å²) < 4.78 is 1.60. The van der Waals surface area contributed by atoms with Gasteiger partial charge in [-0.15, -0.1) is 12.0 Å². The summed E-state index contributed by atoms with van der Waals surface area (Å²) in [4.78, 5) is 0. The topological polar surface area (TPSA) is 0 Å². The van der Waals surface area contributed by atoms with E-state index in [0.717, 1.165) is 25.7 Å². The molecule has 34 heavy (non-hydrogen) atoms. The van der Waals surface area contributed by atoms with E-state index >= 15 is 0 Å². The van der Waals surface area contributed by atoms with Crippen LogP contribution in [0.2, 0.25) is 0 Å². The molecule has 0 atom stereocenters. The zero-order chi connectivity index (χ0) is 23.4. The third-order valence-corrected chi connectivity index (χ3v) is 6.59. The summed E-state index contributed by atoms with van der Waals surface area (Å²) in [6, 6.07) is 39.5. The van der Waals surface area contributed by atoms with Gasteiger partial charge in [-0.1, -0.05) is 35.4 Å². The Labute approximate surface area is 219 Å². The molecule has 0 spiro atoms. The van der Waals surface area contributed by atoms with Gasteiger partial charge in [0.1, 0.15) is 0 Å². The van der Waals surface area contributed by atoms with Gasteiger partial charge in [0.25, 0.3) is 0 Å². The van der Waals surface area contributed by atoms with Crippen LogP contribution in [-0.2, 0) is 43.5 Å². The Hall–Kier alpha value is -2.89. The van der Waals surface area contributed by atoms with Gasteiger partial charge in [0.05, 0.1) is 0 Å². The molecule has 2 aliphatic carbocycles. The van der Waals surface area contributed by atoms with Crippen molar-refractivity contribution in [1.29, 1.82) is 0 Å². The standard InChI is InChI=1S/C15H14.C13H9.C5H5.Zr/c1-3-8-14(9-4-1)12-7-13-15-10-5-2-6-11-15;1-3-7-12-10(5-1)9-11-6-2-4-8-13(11)12;1-2-4-5-3-1;/h1-6,8-11H,12-13H2;1-5,7-8H,9H2;1-3H,4H2;/q;2*-1;+2. The molecule has 0 aromatic heterocycles. The van der Waals surface area contributed by atoms with Crippen LogP contribution in [0.25, 0.3) is 11.1 Å². The number of allylic oxidation sites excluding steroid dienone is 4. The minimum atomic E-state index is 1.01. The van der Waals surface area contributed by atoms with Crippen molar-refractivity contribution in [1.82, 2.24) is 0 Å². The zero-order valence-corrected chi connectivity index (χ0v) is 21.8. The monoisotopic (exact) mass is 514 g/mol. The van der Waals surface area contributed by atoms with Crippen molar-refractivity contribution in [3.05, 3.63) is 156 Å². The second-order valence-corrected chi connectivity index (χ2v) is 10.1. The number of hydrogen-bond acceptors (Lipinski definition) is 0. The fraction of sp³-hybridized carbons (Fsp3) is 0.121. The maximum absolute atomic E-state index is 3.30. The van der Waals surface area contributed by atoms with Crippen LogP contribution in [0.4, 0.5) is 0 Å². The largest absolute Gasteiger partial charge is 0.179 e. The van der Waals surface area contributed by atoms with E-state index in [1.165, 1.54) is 33.4 Å². The van der Waals surface area contributed by atoms with Crippen LogP contribution in [0.1, 0.15) is 28.7 Å². The Bertz CT molecular complexity index is 1150. The molecular weight excluding hydrogens is 488 g/mol. The molecule has 2 aliphatic rings. The molecule has 4 aromatic rings. The van der Waals surface area contributed by atoms with E-state index in [9.17, 15) is 0 Å². The third-order valence-electron chi connectivity index (χ3n) is 5.72. The maximum Gasteiger partial charge on any atom is -0.0253 e. The summed E-state index contributed by atoms with van der Waals surface area (Å²) in [6.07, 6.45) is 13.3. The van der Waals surface area contributed by atoms with Gasteiger partial charge in [0, 0.05) is 0 Å². The van der Waals surface area contributed by atoms with Crippen molar-refractivity contribution in [2.75, 3.05) is 0 Å². The second kappa shape index (κ2) is 13.1. The molecule has 0 radical (unpaired) electrons. The van der Waals surface area contributed by atoms with Crippen molar-refractivity contribution >= 4 is 3.21 Å². The third kappa shape index (κ3) is 7.31. The first-order valence-electron chi connectivity index (χ1n) is 11.7. The first-order valence-corrected chi connectivity index (χ1v) is 13.0. The fourth-order valence-electron chi connectivity index (χ4n) is 4.08. The Morgan fingerprint density at radius 3 is 1.91 bits per heavy atom. The Morgan fingerprint density at radius 1 is 0.706 bits per heavy atom. The van der Waals surface area contributed by atoms with Crippen LogP contribution in [0.5, 0.6) is 0 Å². The van der Waals surface area contributed by atoms with E-state index in [4.69, 9.17) is 0 Å². The minimum absolute atomic E-state index is 1.01.